The summed E-state index contributed by atoms with van der Waals surface area (Å²) in [5.41, 5.74) is 2.75. The molecule has 0 atom stereocenters. The summed E-state index contributed by atoms with van der Waals surface area (Å²) in [7, 11) is 0. The minimum atomic E-state index is -0.101. The Hall–Kier alpha value is -2.82. The number of aliphatic imine (C=N–C) groups is 1. The van der Waals surface area contributed by atoms with Gasteiger partial charge in [-0.15, -0.1) is 0 Å². The molecule has 0 heterocycles. The van der Waals surface area contributed by atoms with Crippen molar-refractivity contribution < 1.29 is 10.3 Å². The van der Waals surface area contributed by atoms with E-state index in [4.69, 9.17) is 23.2 Å². The summed E-state index contributed by atoms with van der Waals surface area (Å²) in [5, 5.41) is 23.6. The first kappa shape index (κ1) is 18.0. The molecule has 26 heavy (non-hydrogen) atoms. The predicted molar refractivity (Wildman–Crippen MR) is 106 cm³/mol. The Morgan fingerprint density at radius 1 is 0.923 bits per heavy atom. The number of aromatic hydroxyl groups is 1. The maximum absolute atomic E-state index is 10.1. The van der Waals surface area contributed by atoms with Gasteiger partial charge in [-0.05, 0) is 18.2 Å². The zero-order valence-electron chi connectivity index (χ0n) is 13.5. The fourth-order valence-electron chi connectivity index (χ4n) is 2.47. The molecule has 0 saturated carbocycles. The largest absolute Gasteiger partial charge is 0.506 e. The molecule has 3 aromatic rings. The summed E-state index contributed by atoms with van der Waals surface area (Å²) < 4.78 is 0. The van der Waals surface area contributed by atoms with E-state index in [0.29, 0.717) is 27.5 Å². The third kappa shape index (κ3) is 3.87. The van der Waals surface area contributed by atoms with Crippen LogP contribution >= 0.6 is 23.2 Å². The number of phenols is 1. The van der Waals surface area contributed by atoms with E-state index >= 15 is 0 Å². The van der Waals surface area contributed by atoms with Crippen molar-refractivity contribution in [3.05, 3.63) is 93.5 Å². The molecule has 4 nitrogen and oxygen atoms in total. The van der Waals surface area contributed by atoms with Gasteiger partial charge in [0.1, 0.15) is 11.5 Å². The van der Waals surface area contributed by atoms with E-state index in [2.05, 4.69) is 10.1 Å². The second-order valence-electron chi connectivity index (χ2n) is 5.42. The van der Waals surface area contributed by atoms with Gasteiger partial charge in [0.05, 0.1) is 10.7 Å². The predicted octanol–water partition coefficient (Wildman–Crippen LogP) is 5.68. The number of phenolic OH excluding ortho intramolecular Hbond substituents is 1. The van der Waals surface area contributed by atoms with Gasteiger partial charge in [-0.3, -0.25) is 4.99 Å². The summed E-state index contributed by atoms with van der Waals surface area (Å²) in [6.07, 6.45) is 1.46. The van der Waals surface area contributed by atoms with Gasteiger partial charge >= 0.3 is 0 Å². The van der Waals surface area contributed by atoms with Gasteiger partial charge < -0.3 is 10.3 Å². The fourth-order valence-corrected chi connectivity index (χ4v) is 2.98. The van der Waals surface area contributed by atoms with Crippen molar-refractivity contribution in [2.24, 2.45) is 10.1 Å². The maximum atomic E-state index is 10.1. The van der Waals surface area contributed by atoms with Gasteiger partial charge in [0.15, 0.2) is 0 Å². The second-order valence-corrected chi connectivity index (χ2v) is 6.26. The van der Waals surface area contributed by atoms with E-state index in [1.807, 2.05) is 42.5 Å². The highest BCUT2D eigenvalue weighted by Crippen LogP contribution is 2.31. The molecular weight excluding hydrogens is 371 g/mol. The average Bonchev–Trinajstić information content (AvgIpc) is 2.66. The Kier molecular flexibility index (Phi) is 5.56. The number of benzene rings is 3. The van der Waals surface area contributed by atoms with Crippen LogP contribution in [-0.4, -0.2) is 22.2 Å². The molecule has 2 N–H and O–H groups in total. The first-order valence-corrected chi connectivity index (χ1v) is 8.44. The Morgan fingerprint density at radius 3 is 2.35 bits per heavy atom. The zero-order chi connectivity index (χ0) is 18.5. The molecule has 0 saturated heterocycles. The minimum absolute atomic E-state index is 0.101. The molecule has 0 spiro atoms. The van der Waals surface area contributed by atoms with Crippen LogP contribution in [0.2, 0.25) is 10.0 Å². The van der Waals surface area contributed by atoms with Crippen LogP contribution in [0.25, 0.3) is 0 Å². The number of halogens is 2. The Balaban J connectivity index is 2.03. The van der Waals surface area contributed by atoms with E-state index in [0.717, 1.165) is 5.56 Å². The van der Waals surface area contributed by atoms with Crippen molar-refractivity contribution >= 4 is 40.8 Å². The number of oxime groups is 1. The topological polar surface area (TPSA) is 65.2 Å². The van der Waals surface area contributed by atoms with Crippen LogP contribution in [0.3, 0.4) is 0 Å². The van der Waals surface area contributed by atoms with Crippen molar-refractivity contribution in [3.63, 3.8) is 0 Å². The Bertz CT molecular complexity index is 986. The van der Waals surface area contributed by atoms with Gasteiger partial charge in [-0.2, -0.15) is 0 Å². The molecule has 0 amide bonds. The summed E-state index contributed by atoms with van der Waals surface area (Å²) in [5.74, 6) is -0.101. The molecule has 0 aliphatic heterocycles. The lowest BCUT2D eigenvalue weighted by Gasteiger charge is -2.08. The number of rotatable bonds is 4. The summed E-state index contributed by atoms with van der Waals surface area (Å²) in [4.78, 5) is 4.42. The van der Waals surface area contributed by atoms with Crippen LogP contribution in [0.15, 0.2) is 76.9 Å². The monoisotopic (exact) mass is 384 g/mol. The Morgan fingerprint density at radius 2 is 1.62 bits per heavy atom. The fraction of sp³-hybridized carbons (Fsp3) is 0. The third-order valence-corrected chi connectivity index (χ3v) is 4.21. The van der Waals surface area contributed by atoms with Gasteiger partial charge in [0.25, 0.3) is 0 Å². The number of hydrogen-bond acceptors (Lipinski definition) is 4. The highest BCUT2D eigenvalue weighted by Gasteiger charge is 2.12. The van der Waals surface area contributed by atoms with Crippen LogP contribution in [0.4, 0.5) is 5.69 Å². The van der Waals surface area contributed by atoms with Crippen LogP contribution in [0, 0.1) is 0 Å². The molecule has 0 fully saturated rings. The van der Waals surface area contributed by atoms with E-state index in [9.17, 15) is 10.3 Å². The molecule has 3 aromatic carbocycles. The first-order valence-electron chi connectivity index (χ1n) is 7.69. The summed E-state index contributed by atoms with van der Waals surface area (Å²) in [6, 6.07) is 19.5. The molecule has 0 aliphatic rings. The van der Waals surface area contributed by atoms with E-state index < -0.39 is 0 Å². The highest BCUT2D eigenvalue weighted by molar-refractivity contribution is 6.36. The summed E-state index contributed by atoms with van der Waals surface area (Å²) in [6.45, 7) is 0. The quantitative estimate of drug-likeness (QED) is 0.345. The zero-order valence-corrected chi connectivity index (χ0v) is 15.0. The van der Waals surface area contributed by atoms with Gasteiger partial charge in [0.2, 0.25) is 0 Å². The Labute approximate surface area is 160 Å². The minimum Gasteiger partial charge on any atom is -0.506 e. The maximum Gasteiger partial charge on any atom is 0.143 e. The smallest absolute Gasteiger partial charge is 0.143 e. The van der Waals surface area contributed by atoms with E-state index in [1.165, 1.54) is 12.3 Å². The lowest BCUT2D eigenvalue weighted by Crippen LogP contribution is -2.03. The number of para-hydroxylation sites is 1. The molecule has 0 aromatic heterocycles. The van der Waals surface area contributed by atoms with Crippen LogP contribution in [-0.2, 0) is 0 Å². The molecule has 130 valence electrons. The number of hydrogen-bond donors (Lipinski definition) is 2. The molecule has 0 bridgehead atoms. The molecule has 0 aliphatic carbocycles. The third-order valence-electron chi connectivity index (χ3n) is 3.71. The number of nitrogens with zero attached hydrogens (tertiary/aromatic N) is 2. The second kappa shape index (κ2) is 8.04. The average molecular weight is 385 g/mol. The summed E-state index contributed by atoms with van der Waals surface area (Å²) >= 11 is 11.9. The van der Waals surface area contributed by atoms with Crippen LogP contribution in [0.5, 0.6) is 5.75 Å². The van der Waals surface area contributed by atoms with E-state index in [-0.39, 0.29) is 10.8 Å². The molecule has 6 heteroatoms. The van der Waals surface area contributed by atoms with Crippen molar-refractivity contribution in [1.82, 2.24) is 0 Å². The van der Waals surface area contributed by atoms with Crippen molar-refractivity contribution in [1.29, 1.82) is 0 Å². The standard InChI is InChI=1S/C20H14Cl2N2O2/c21-15-10-14(20(25)17(22)11-15)12-23-18-9-5-4-8-16(18)19(24-26)13-6-2-1-3-7-13/h1-12,25-26H. The van der Waals surface area contributed by atoms with Crippen LogP contribution in [0.1, 0.15) is 16.7 Å². The van der Waals surface area contributed by atoms with Crippen molar-refractivity contribution in [3.8, 4) is 5.75 Å². The van der Waals surface area contributed by atoms with Crippen molar-refractivity contribution in [2.75, 3.05) is 0 Å². The lowest BCUT2D eigenvalue weighted by atomic mass is 10.0. The van der Waals surface area contributed by atoms with Crippen molar-refractivity contribution in [2.45, 2.75) is 0 Å². The first-order chi connectivity index (χ1) is 12.6. The SMILES string of the molecule is ON=C(c1ccccc1)c1ccccc1N=Cc1cc(Cl)cc(Cl)c1O. The lowest BCUT2D eigenvalue weighted by molar-refractivity contribution is 0.319. The van der Waals surface area contributed by atoms with Gasteiger partial charge in [-0.1, -0.05) is 76.9 Å². The highest BCUT2D eigenvalue weighted by atomic mass is 35.5. The van der Waals surface area contributed by atoms with Gasteiger partial charge in [-0.25, -0.2) is 0 Å². The molecular formula is C20H14Cl2N2O2. The molecule has 3 rings (SSSR count). The molecule has 0 unspecified atom stereocenters. The molecule has 0 radical (unpaired) electrons. The normalized spacial score (nSPS) is 11.8. The van der Waals surface area contributed by atoms with Gasteiger partial charge in [0, 0.05) is 27.9 Å². The van der Waals surface area contributed by atoms with E-state index in [1.54, 1.807) is 18.2 Å². The van der Waals surface area contributed by atoms with Crippen LogP contribution < -0.4 is 0 Å².